The van der Waals surface area contributed by atoms with Crippen LogP contribution >= 0.6 is 11.3 Å². The molecule has 1 atom stereocenters. The number of nitrogens with one attached hydrogen (secondary N) is 1. The number of rotatable bonds is 7. The van der Waals surface area contributed by atoms with Crippen LogP contribution in [-0.4, -0.2) is 31.7 Å². The fourth-order valence-electron chi connectivity index (χ4n) is 4.42. The van der Waals surface area contributed by atoms with Crippen LogP contribution in [0, 0.1) is 6.92 Å². The van der Waals surface area contributed by atoms with Crippen LogP contribution in [0.4, 0.5) is 18.0 Å². The molecule has 0 aliphatic rings. The third-order valence-electron chi connectivity index (χ3n) is 6.53. The summed E-state index contributed by atoms with van der Waals surface area (Å²) in [5.41, 5.74) is 5.32. The molecule has 0 aliphatic heterocycles. The fourth-order valence-corrected chi connectivity index (χ4v) is 5.29. The third-order valence-corrected chi connectivity index (χ3v) is 7.47. The first kappa shape index (κ1) is 28.8. The van der Waals surface area contributed by atoms with Crippen molar-refractivity contribution in [3.05, 3.63) is 106 Å². The summed E-state index contributed by atoms with van der Waals surface area (Å²) in [6, 6.07) is 20.1. The molecule has 0 bridgehead atoms. The highest BCUT2D eigenvalue weighted by Crippen LogP contribution is 2.24. The van der Waals surface area contributed by atoms with Gasteiger partial charge in [0.05, 0.1) is 17.4 Å². The average Bonchev–Trinajstić information content (AvgIpc) is 3.59. The van der Waals surface area contributed by atoms with Crippen LogP contribution in [0.15, 0.2) is 89.5 Å². The lowest BCUT2D eigenvalue weighted by Gasteiger charge is -2.13. The Balaban J connectivity index is 1.27. The lowest BCUT2D eigenvalue weighted by molar-refractivity contribution is -0.274. The highest BCUT2D eigenvalue weighted by Gasteiger charge is 2.31. The van der Waals surface area contributed by atoms with Gasteiger partial charge in [0, 0.05) is 16.6 Å². The monoisotopic (exact) mass is 592 g/mol. The van der Waals surface area contributed by atoms with E-state index >= 15 is 0 Å². The molecule has 1 unspecified atom stereocenters. The number of thiazole rings is 1. The Morgan fingerprint density at radius 3 is 2.48 bits per heavy atom. The molecule has 2 amide bonds. The summed E-state index contributed by atoms with van der Waals surface area (Å²) < 4.78 is 44.6. The lowest BCUT2D eigenvalue weighted by Crippen LogP contribution is -2.27. The van der Waals surface area contributed by atoms with Crippen molar-refractivity contribution in [3.63, 3.8) is 0 Å². The first-order valence-corrected chi connectivity index (χ1v) is 14.0. The quantitative estimate of drug-likeness (QED) is 0.222. The lowest BCUT2D eigenvalue weighted by atomic mass is 10.1. The zero-order chi connectivity index (χ0) is 29.9. The van der Waals surface area contributed by atoms with Gasteiger partial charge < -0.3 is 10.1 Å². The molecule has 8 nitrogen and oxygen atoms in total. The van der Waals surface area contributed by atoms with Gasteiger partial charge in [0.25, 0.3) is 0 Å². The predicted octanol–water partition coefficient (Wildman–Crippen LogP) is 6.93. The molecule has 0 saturated carbocycles. The molecule has 2 aromatic heterocycles. The summed E-state index contributed by atoms with van der Waals surface area (Å²) in [6.07, 6.45) is -2.42. The van der Waals surface area contributed by atoms with Crippen molar-refractivity contribution in [2.24, 2.45) is 4.99 Å². The molecule has 1 N–H and O–H groups in total. The van der Waals surface area contributed by atoms with Crippen molar-refractivity contribution in [1.82, 2.24) is 24.6 Å². The number of halogens is 3. The van der Waals surface area contributed by atoms with Crippen LogP contribution in [0.5, 0.6) is 5.75 Å². The van der Waals surface area contributed by atoms with Gasteiger partial charge in [-0.1, -0.05) is 49.4 Å². The van der Waals surface area contributed by atoms with Gasteiger partial charge in [0.2, 0.25) is 0 Å². The number of aryl methyl sites for hydroxylation is 2. The summed E-state index contributed by atoms with van der Waals surface area (Å²) >= 11 is 1.41. The van der Waals surface area contributed by atoms with E-state index in [9.17, 15) is 18.0 Å². The summed E-state index contributed by atoms with van der Waals surface area (Å²) in [7, 11) is 0. The number of benzene rings is 3. The van der Waals surface area contributed by atoms with Crippen LogP contribution in [0.25, 0.3) is 22.8 Å². The Bertz CT molecular complexity index is 1760. The van der Waals surface area contributed by atoms with E-state index in [0.717, 1.165) is 28.9 Å². The standard InChI is InChI=1S/C30H27F3N6O2S/c1-4-21-7-5-6-8-26(21)39-19(2)17-42-29(39)36-28(40)35-20(3)22-9-11-23(12-10-22)27-34-18-38(37-27)24-13-15-25(16-14-24)41-30(31,32)33/h5-18,20H,4H2,1-3H3,(H,35,40)/b36-29-. The number of nitrogens with zero attached hydrogens (tertiary/aromatic N) is 5. The van der Waals surface area contributed by atoms with Crippen molar-refractivity contribution in [1.29, 1.82) is 0 Å². The van der Waals surface area contributed by atoms with E-state index in [1.165, 1.54) is 52.2 Å². The van der Waals surface area contributed by atoms with Crippen molar-refractivity contribution in [2.75, 3.05) is 0 Å². The topological polar surface area (TPSA) is 86.3 Å². The van der Waals surface area contributed by atoms with Crippen molar-refractivity contribution < 1.29 is 22.7 Å². The number of carbonyl (C=O) groups is 1. The Hall–Kier alpha value is -4.71. The zero-order valence-electron chi connectivity index (χ0n) is 23.0. The van der Waals surface area contributed by atoms with E-state index in [1.54, 1.807) is 0 Å². The summed E-state index contributed by atoms with van der Waals surface area (Å²) in [5, 5.41) is 9.34. The van der Waals surface area contributed by atoms with Gasteiger partial charge in [-0.15, -0.1) is 29.6 Å². The van der Waals surface area contributed by atoms with Gasteiger partial charge >= 0.3 is 12.4 Å². The number of urea groups is 1. The normalized spacial score (nSPS) is 12.8. The first-order chi connectivity index (χ1) is 20.1. The van der Waals surface area contributed by atoms with Crippen LogP contribution in [0.3, 0.4) is 0 Å². The minimum absolute atomic E-state index is 0.310. The Morgan fingerprint density at radius 2 is 1.79 bits per heavy atom. The first-order valence-electron chi connectivity index (χ1n) is 13.1. The molecule has 216 valence electrons. The molecule has 0 radical (unpaired) electrons. The summed E-state index contributed by atoms with van der Waals surface area (Å²) in [5.74, 6) is 0.122. The van der Waals surface area contributed by atoms with Crippen LogP contribution in [-0.2, 0) is 6.42 Å². The average molecular weight is 593 g/mol. The molecule has 42 heavy (non-hydrogen) atoms. The molecule has 0 saturated heterocycles. The smallest absolute Gasteiger partial charge is 0.406 e. The minimum atomic E-state index is -4.75. The van der Waals surface area contributed by atoms with E-state index in [2.05, 4.69) is 38.1 Å². The molecular formula is C30H27F3N6O2S. The van der Waals surface area contributed by atoms with Crippen LogP contribution in [0.2, 0.25) is 0 Å². The van der Waals surface area contributed by atoms with Gasteiger partial charge in [-0.2, -0.15) is 4.99 Å². The van der Waals surface area contributed by atoms with E-state index in [1.807, 2.05) is 66.3 Å². The number of hydrogen-bond acceptors (Lipinski definition) is 5. The predicted molar refractivity (Wildman–Crippen MR) is 154 cm³/mol. The number of alkyl halides is 3. The van der Waals surface area contributed by atoms with Crippen molar-refractivity contribution in [3.8, 4) is 28.5 Å². The minimum Gasteiger partial charge on any atom is -0.406 e. The van der Waals surface area contributed by atoms with E-state index in [-0.39, 0.29) is 11.8 Å². The largest absolute Gasteiger partial charge is 0.573 e. The molecule has 5 aromatic rings. The highest BCUT2D eigenvalue weighted by molar-refractivity contribution is 7.07. The molecule has 0 fully saturated rings. The Morgan fingerprint density at radius 1 is 1.07 bits per heavy atom. The number of hydrogen-bond donors (Lipinski definition) is 1. The fraction of sp³-hybridized carbons (Fsp3) is 0.200. The highest BCUT2D eigenvalue weighted by atomic mass is 32.1. The van der Waals surface area contributed by atoms with Gasteiger partial charge in [-0.05, 0) is 61.7 Å². The number of carbonyl (C=O) groups excluding carboxylic acids is 1. The summed E-state index contributed by atoms with van der Waals surface area (Å²) in [4.78, 5) is 22.2. The maximum Gasteiger partial charge on any atom is 0.573 e. The zero-order valence-corrected chi connectivity index (χ0v) is 23.8. The van der Waals surface area contributed by atoms with E-state index in [4.69, 9.17) is 0 Å². The van der Waals surface area contributed by atoms with Gasteiger partial charge in [-0.3, -0.25) is 4.57 Å². The second kappa shape index (κ2) is 12.0. The summed E-state index contributed by atoms with van der Waals surface area (Å²) in [6.45, 7) is 5.96. The second-order valence-electron chi connectivity index (χ2n) is 9.44. The van der Waals surface area contributed by atoms with Gasteiger partial charge in [-0.25, -0.2) is 14.5 Å². The second-order valence-corrected chi connectivity index (χ2v) is 10.3. The Labute approximate surface area is 243 Å². The van der Waals surface area contributed by atoms with E-state index in [0.29, 0.717) is 16.3 Å². The van der Waals surface area contributed by atoms with Crippen molar-refractivity contribution >= 4 is 17.4 Å². The third kappa shape index (κ3) is 6.60. The molecular weight excluding hydrogens is 565 g/mol. The van der Waals surface area contributed by atoms with E-state index < -0.39 is 12.4 Å². The molecule has 0 aliphatic carbocycles. The molecule has 12 heteroatoms. The van der Waals surface area contributed by atoms with Crippen molar-refractivity contribution in [2.45, 2.75) is 39.6 Å². The number of aromatic nitrogens is 4. The molecule has 5 rings (SSSR count). The molecule has 3 aromatic carbocycles. The number of para-hydroxylation sites is 1. The maximum atomic E-state index is 12.9. The SMILES string of the molecule is CCc1ccccc1-n1c(C)cs/c1=N\C(=O)NC(C)c1ccc(-c2ncn(-c3ccc(OC(F)(F)F)cc3)n2)cc1. The maximum absolute atomic E-state index is 12.9. The van der Waals surface area contributed by atoms with Gasteiger partial charge in [0.15, 0.2) is 10.6 Å². The number of amides is 2. The van der Waals surface area contributed by atoms with Crippen LogP contribution < -0.4 is 14.9 Å². The number of ether oxygens (including phenoxy) is 1. The van der Waals surface area contributed by atoms with Crippen LogP contribution in [0.1, 0.15) is 36.7 Å². The molecule has 2 heterocycles. The molecule has 0 spiro atoms. The Kier molecular flexibility index (Phi) is 8.25. The van der Waals surface area contributed by atoms with Gasteiger partial charge in [0.1, 0.15) is 12.1 Å².